The Morgan fingerprint density at radius 1 is 1.19 bits per heavy atom. The van der Waals surface area contributed by atoms with Crippen molar-refractivity contribution >= 4 is 27.5 Å². The summed E-state index contributed by atoms with van der Waals surface area (Å²) in [4.78, 5) is 12.4. The van der Waals surface area contributed by atoms with Crippen LogP contribution in [0.3, 0.4) is 0 Å². The minimum absolute atomic E-state index is 0.0165. The van der Waals surface area contributed by atoms with E-state index in [2.05, 4.69) is 10.0 Å². The summed E-state index contributed by atoms with van der Waals surface area (Å²) in [6, 6.07) is 8.56. The number of fused-ring (bicyclic) bond motifs is 1. The van der Waals surface area contributed by atoms with Gasteiger partial charge >= 0.3 is 0 Å². The number of halogens is 1. The summed E-state index contributed by atoms with van der Waals surface area (Å²) < 4.78 is 43.1. The summed E-state index contributed by atoms with van der Waals surface area (Å²) in [5.41, 5.74) is -0.0165. The monoisotopic (exact) mass is 470 g/mol. The van der Waals surface area contributed by atoms with Crippen LogP contribution in [-0.4, -0.2) is 51.5 Å². The molecule has 1 atom stereocenters. The van der Waals surface area contributed by atoms with Crippen molar-refractivity contribution in [2.24, 2.45) is 0 Å². The fraction of sp³-hybridized carbons (Fsp3) is 0.350. The molecule has 0 spiro atoms. The number of benzene rings is 2. The third kappa shape index (κ3) is 6.01. The van der Waals surface area contributed by atoms with Crippen molar-refractivity contribution in [2.75, 3.05) is 19.9 Å². The molecule has 1 aliphatic heterocycles. The van der Waals surface area contributed by atoms with E-state index in [9.17, 15) is 18.3 Å². The third-order valence-electron chi connectivity index (χ3n) is 4.17. The maximum atomic E-state index is 12.5. The Balaban J connectivity index is 1.56. The molecule has 0 saturated heterocycles. The summed E-state index contributed by atoms with van der Waals surface area (Å²) >= 11 is 6.06. The number of nitrogens with one attached hydrogen (secondary N) is 2. The SMILES string of the molecule is CC(C)NS(=O)(=O)c1ccc(Cl)c(C(=O)NCC(O)COc2ccc3c(c2)OCO3)c1. The number of carbonyl (C=O) groups excluding carboxylic acids is 1. The summed E-state index contributed by atoms with van der Waals surface area (Å²) in [6.45, 7) is 3.32. The van der Waals surface area contributed by atoms with Gasteiger partial charge in [-0.3, -0.25) is 4.79 Å². The highest BCUT2D eigenvalue weighted by Gasteiger charge is 2.20. The van der Waals surface area contributed by atoms with E-state index in [1.807, 2.05) is 0 Å². The predicted molar refractivity (Wildman–Crippen MR) is 113 cm³/mol. The van der Waals surface area contributed by atoms with Crippen LogP contribution in [0.2, 0.25) is 5.02 Å². The molecule has 9 nitrogen and oxygen atoms in total. The first-order chi connectivity index (χ1) is 14.7. The van der Waals surface area contributed by atoms with Crippen LogP contribution < -0.4 is 24.2 Å². The van der Waals surface area contributed by atoms with E-state index < -0.39 is 22.0 Å². The Kier molecular flexibility index (Phi) is 7.26. The Morgan fingerprint density at radius 2 is 1.94 bits per heavy atom. The third-order valence-corrected chi connectivity index (χ3v) is 6.15. The molecule has 0 fully saturated rings. The molecular formula is C20H23ClN2O7S. The second-order valence-corrected chi connectivity index (χ2v) is 9.23. The predicted octanol–water partition coefficient (Wildman–Crippen LogP) is 1.93. The molecule has 0 aromatic heterocycles. The normalized spacial score (nSPS) is 13.8. The van der Waals surface area contributed by atoms with Gasteiger partial charge in [0.15, 0.2) is 11.5 Å². The highest BCUT2D eigenvalue weighted by Crippen LogP contribution is 2.35. The second-order valence-electron chi connectivity index (χ2n) is 7.11. The van der Waals surface area contributed by atoms with Crippen molar-refractivity contribution in [3.63, 3.8) is 0 Å². The molecule has 11 heteroatoms. The first-order valence-electron chi connectivity index (χ1n) is 9.46. The van der Waals surface area contributed by atoms with Gasteiger partial charge in [-0.05, 0) is 44.2 Å². The number of carbonyl (C=O) groups is 1. The molecule has 31 heavy (non-hydrogen) atoms. The minimum Gasteiger partial charge on any atom is -0.491 e. The number of amides is 1. The van der Waals surface area contributed by atoms with Gasteiger partial charge in [-0.25, -0.2) is 13.1 Å². The highest BCUT2D eigenvalue weighted by atomic mass is 35.5. The van der Waals surface area contributed by atoms with Gasteiger partial charge in [-0.15, -0.1) is 0 Å². The summed E-state index contributed by atoms with van der Waals surface area (Å²) in [6.07, 6.45) is -1.01. The topological polar surface area (TPSA) is 123 Å². The van der Waals surface area contributed by atoms with Gasteiger partial charge in [0.25, 0.3) is 5.91 Å². The van der Waals surface area contributed by atoms with Crippen molar-refractivity contribution in [3.8, 4) is 17.2 Å². The zero-order chi connectivity index (χ0) is 22.6. The van der Waals surface area contributed by atoms with E-state index >= 15 is 0 Å². The zero-order valence-corrected chi connectivity index (χ0v) is 18.5. The van der Waals surface area contributed by atoms with Crippen LogP contribution in [0.1, 0.15) is 24.2 Å². The average Bonchev–Trinajstić information content (AvgIpc) is 3.17. The molecule has 1 aliphatic rings. The van der Waals surface area contributed by atoms with Crippen molar-refractivity contribution in [3.05, 3.63) is 47.0 Å². The Hall–Kier alpha value is -2.53. The van der Waals surface area contributed by atoms with Gasteiger partial charge in [-0.2, -0.15) is 0 Å². The molecule has 0 radical (unpaired) electrons. The first-order valence-corrected chi connectivity index (χ1v) is 11.3. The first kappa shape index (κ1) is 23.1. The van der Waals surface area contributed by atoms with Crippen LogP contribution in [0.5, 0.6) is 17.2 Å². The number of sulfonamides is 1. The largest absolute Gasteiger partial charge is 0.491 e. The van der Waals surface area contributed by atoms with E-state index in [1.54, 1.807) is 32.0 Å². The summed E-state index contributed by atoms with van der Waals surface area (Å²) in [7, 11) is -3.78. The average molecular weight is 471 g/mol. The van der Waals surface area contributed by atoms with Gasteiger partial charge in [-0.1, -0.05) is 11.6 Å². The number of hydrogen-bond donors (Lipinski definition) is 3. The van der Waals surface area contributed by atoms with Crippen LogP contribution in [0.25, 0.3) is 0 Å². The Labute approximate surface area is 185 Å². The van der Waals surface area contributed by atoms with Gasteiger partial charge in [0.2, 0.25) is 16.8 Å². The minimum atomic E-state index is -3.78. The number of aliphatic hydroxyl groups excluding tert-OH is 1. The molecule has 0 bridgehead atoms. The van der Waals surface area contributed by atoms with Gasteiger partial charge in [0, 0.05) is 18.7 Å². The second kappa shape index (κ2) is 9.73. The quantitative estimate of drug-likeness (QED) is 0.511. The molecule has 168 valence electrons. The number of rotatable bonds is 9. The molecule has 1 amide bonds. The summed E-state index contributed by atoms with van der Waals surface area (Å²) in [5.74, 6) is 1.03. The van der Waals surface area contributed by atoms with Gasteiger partial charge in [0.1, 0.15) is 18.5 Å². The lowest BCUT2D eigenvalue weighted by Gasteiger charge is -2.15. The fourth-order valence-electron chi connectivity index (χ4n) is 2.75. The fourth-order valence-corrected chi connectivity index (χ4v) is 4.23. The number of hydrogen-bond acceptors (Lipinski definition) is 7. The smallest absolute Gasteiger partial charge is 0.252 e. The van der Waals surface area contributed by atoms with Crippen LogP contribution in [0, 0.1) is 0 Å². The van der Waals surface area contributed by atoms with E-state index in [1.165, 1.54) is 18.2 Å². The van der Waals surface area contributed by atoms with Crippen molar-refractivity contribution in [1.82, 2.24) is 10.0 Å². The van der Waals surface area contributed by atoms with Crippen LogP contribution in [0.4, 0.5) is 0 Å². The van der Waals surface area contributed by atoms with E-state index in [-0.39, 0.29) is 41.5 Å². The molecule has 1 unspecified atom stereocenters. The van der Waals surface area contributed by atoms with Gasteiger partial charge in [0.05, 0.1) is 15.5 Å². The Bertz CT molecular complexity index is 1060. The molecule has 1 heterocycles. The van der Waals surface area contributed by atoms with Crippen LogP contribution in [0.15, 0.2) is 41.3 Å². The lowest BCUT2D eigenvalue weighted by Crippen LogP contribution is -2.35. The van der Waals surface area contributed by atoms with Crippen molar-refractivity contribution in [2.45, 2.75) is 30.9 Å². The molecule has 0 aliphatic carbocycles. The number of ether oxygens (including phenoxy) is 3. The van der Waals surface area contributed by atoms with Crippen LogP contribution in [-0.2, 0) is 10.0 Å². The van der Waals surface area contributed by atoms with Gasteiger partial charge < -0.3 is 24.6 Å². The molecule has 0 saturated carbocycles. The van der Waals surface area contributed by atoms with Crippen molar-refractivity contribution < 1.29 is 32.5 Å². The lowest BCUT2D eigenvalue weighted by molar-refractivity contribution is 0.0843. The number of aliphatic hydroxyl groups is 1. The van der Waals surface area contributed by atoms with Crippen LogP contribution >= 0.6 is 11.6 Å². The van der Waals surface area contributed by atoms with E-state index in [0.717, 1.165) is 0 Å². The highest BCUT2D eigenvalue weighted by molar-refractivity contribution is 7.89. The molecule has 2 aromatic rings. The Morgan fingerprint density at radius 3 is 2.68 bits per heavy atom. The molecule has 2 aromatic carbocycles. The lowest BCUT2D eigenvalue weighted by atomic mass is 10.2. The maximum absolute atomic E-state index is 12.5. The maximum Gasteiger partial charge on any atom is 0.252 e. The standard InChI is InChI=1S/C20H23ClN2O7S/c1-12(2)23-31(26,27)15-4-5-17(21)16(8-15)20(25)22-9-13(24)10-28-14-3-6-18-19(7-14)30-11-29-18/h3-8,12-13,23-24H,9-11H2,1-2H3,(H,22,25). The zero-order valence-electron chi connectivity index (χ0n) is 16.9. The molecule has 3 N–H and O–H groups in total. The van der Waals surface area contributed by atoms with Crippen molar-refractivity contribution in [1.29, 1.82) is 0 Å². The molecular weight excluding hydrogens is 448 g/mol. The van der Waals surface area contributed by atoms with E-state index in [0.29, 0.717) is 17.2 Å². The van der Waals surface area contributed by atoms with E-state index in [4.69, 9.17) is 25.8 Å². The molecule has 3 rings (SSSR count). The summed E-state index contributed by atoms with van der Waals surface area (Å²) in [5, 5.41) is 12.7.